The highest BCUT2D eigenvalue weighted by atomic mass is 16.7. The molecule has 0 aromatic rings. The minimum Gasteiger partial charge on any atom is -0.389 e. The van der Waals surface area contributed by atoms with E-state index in [0.29, 0.717) is 6.54 Å². The van der Waals surface area contributed by atoms with Crippen LogP contribution in [0.15, 0.2) is 0 Å². The van der Waals surface area contributed by atoms with Crippen molar-refractivity contribution in [2.75, 3.05) is 13.7 Å². The highest BCUT2D eigenvalue weighted by Crippen LogP contribution is 2.25. The van der Waals surface area contributed by atoms with Crippen molar-refractivity contribution >= 4 is 0 Å². The van der Waals surface area contributed by atoms with Crippen LogP contribution in [0.5, 0.6) is 0 Å². The van der Waals surface area contributed by atoms with Crippen LogP contribution in [0.4, 0.5) is 0 Å². The maximum atomic E-state index is 9.55. The van der Waals surface area contributed by atoms with Crippen LogP contribution in [0, 0.1) is 0 Å². The van der Waals surface area contributed by atoms with Gasteiger partial charge in [-0.2, -0.15) is 0 Å². The molecule has 5 heteroatoms. The molecule has 2 fully saturated rings. The third-order valence-electron chi connectivity index (χ3n) is 2.49. The predicted molar refractivity (Wildman–Crippen MR) is 39.5 cm³/mol. The van der Waals surface area contributed by atoms with Crippen molar-refractivity contribution in [3.05, 3.63) is 0 Å². The molecule has 5 nitrogen and oxygen atoms in total. The quantitative estimate of drug-likeness (QED) is 0.432. The summed E-state index contributed by atoms with van der Waals surface area (Å²) in [7, 11) is 1.48. The summed E-state index contributed by atoms with van der Waals surface area (Å²) in [5.41, 5.74) is 0. The Labute approximate surface area is 70.3 Å². The van der Waals surface area contributed by atoms with Crippen LogP contribution in [0.2, 0.25) is 0 Å². The summed E-state index contributed by atoms with van der Waals surface area (Å²) in [6.45, 7) is 0.572. The normalized spacial score (nSPS) is 52.8. The minimum atomic E-state index is -0.788. The van der Waals surface area contributed by atoms with Crippen molar-refractivity contribution in [1.29, 1.82) is 0 Å². The lowest BCUT2D eigenvalue weighted by atomic mass is 10.0. The summed E-state index contributed by atoms with van der Waals surface area (Å²) in [5, 5.41) is 22.0. The molecule has 12 heavy (non-hydrogen) atoms. The molecule has 2 saturated heterocycles. The highest BCUT2D eigenvalue weighted by molar-refractivity contribution is 5.00. The number of hydrogen-bond acceptors (Lipinski definition) is 5. The summed E-state index contributed by atoms with van der Waals surface area (Å²) in [4.78, 5) is 0. The first kappa shape index (κ1) is 8.40. The van der Waals surface area contributed by atoms with Crippen LogP contribution in [-0.4, -0.2) is 54.5 Å². The van der Waals surface area contributed by atoms with Gasteiger partial charge >= 0.3 is 0 Å². The standard InChI is InChI=1S/C7H13NO4/c1-11-7-6(10)4-5(9)3(12-7)2-8-4/h3-10H,2H2,1H3/t3-,4+,5-,6-,7-/m1/s1. The number of fused-ring (bicyclic) bond motifs is 2. The van der Waals surface area contributed by atoms with E-state index in [1.165, 1.54) is 7.11 Å². The molecule has 0 unspecified atom stereocenters. The van der Waals surface area contributed by atoms with Crippen molar-refractivity contribution in [1.82, 2.24) is 5.32 Å². The first-order chi connectivity index (χ1) is 5.74. The number of aliphatic hydroxyl groups is 2. The van der Waals surface area contributed by atoms with Crippen molar-refractivity contribution in [2.24, 2.45) is 0 Å². The van der Waals surface area contributed by atoms with Gasteiger partial charge in [0.25, 0.3) is 0 Å². The molecule has 0 radical (unpaired) electrons. The van der Waals surface area contributed by atoms with E-state index in [1.807, 2.05) is 0 Å². The minimum absolute atomic E-state index is 0.247. The van der Waals surface area contributed by atoms with Crippen LogP contribution < -0.4 is 5.32 Å². The van der Waals surface area contributed by atoms with Gasteiger partial charge in [-0.05, 0) is 0 Å². The predicted octanol–water partition coefficient (Wildman–Crippen LogP) is -1.95. The topological polar surface area (TPSA) is 71.0 Å². The molecule has 0 saturated carbocycles. The number of aliphatic hydroxyl groups excluding tert-OH is 2. The Morgan fingerprint density at radius 2 is 2.17 bits per heavy atom. The van der Waals surface area contributed by atoms with E-state index in [1.54, 1.807) is 0 Å². The average Bonchev–Trinajstić information content (AvgIpc) is 2.31. The average molecular weight is 175 g/mol. The van der Waals surface area contributed by atoms with Crippen LogP contribution >= 0.6 is 0 Å². The van der Waals surface area contributed by atoms with Gasteiger partial charge in [-0.1, -0.05) is 0 Å². The van der Waals surface area contributed by atoms with Gasteiger partial charge in [0, 0.05) is 13.7 Å². The molecule has 0 aromatic carbocycles. The lowest BCUT2D eigenvalue weighted by Gasteiger charge is -2.35. The van der Waals surface area contributed by atoms with E-state index < -0.39 is 18.5 Å². The summed E-state index contributed by atoms with van der Waals surface area (Å²) in [6, 6.07) is -0.311. The Balaban J connectivity index is 2.12. The lowest BCUT2D eigenvalue weighted by Crippen LogP contribution is -2.55. The Morgan fingerprint density at radius 3 is 2.83 bits per heavy atom. The molecule has 0 spiro atoms. The Morgan fingerprint density at radius 1 is 1.42 bits per heavy atom. The highest BCUT2D eigenvalue weighted by Gasteiger charge is 2.48. The number of rotatable bonds is 1. The van der Waals surface area contributed by atoms with E-state index in [-0.39, 0.29) is 12.1 Å². The first-order valence-electron chi connectivity index (χ1n) is 4.02. The van der Waals surface area contributed by atoms with E-state index in [0.717, 1.165) is 0 Å². The van der Waals surface area contributed by atoms with Crippen molar-refractivity contribution in [3.8, 4) is 0 Å². The Kier molecular flexibility index (Phi) is 2.05. The summed E-state index contributed by atoms with van der Waals surface area (Å²) in [5.74, 6) is 0. The zero-order chi connectivity index (χ0) is 8.72. The lowest BCUT2D eigenvalue weighted by molar-refractivity contribution is -0.245. The fourth-order valence-electron chi connectivity index (χ4n) is 1.79. The number of ether oxygens (including phenoxy) is 2. The van der Waals surface area contributed by atoms with Crippen LogP contribution in [-0.2, 0) is 9.47 Å². The van der Waals surface area contributed by atoms with Gasteiger partial charge in [0.1, 0.15) is 12.2 Å². The van der Waals surface area contributed by atoms with E-state index in [4.69, 9.17) is 9.47 Å². The molecule has 3 N–H and O–H groups in total. The zero-order valence-electron chi connectivity index (χ0n) is 6.80. The van der Waals surface area contributed by atoms with Crippen LogP contribution in [0.1, 0.15) is 0 Å². The second-order valence-electron chi connectivity index (χ2n) is 3.19. The molecule has 0 aromatic heterocycles. The first-order valence-corrected chi connectivity index (χ1v) is 4.02. The molecule has 2 aliphatic rings. The third kappa shape index (κ3) is 1.06. The summed E-state index contributed by atoms with van der Waals surface area (Å²) in [6.07, 6.45) is -2.27. The maximum absolute atomic E-state index is 9.55. The monoisotopic (exact) mass is 175 g/mol. The fraction of sp³-hybridized carbons (Fsp3) is 1.00. The zero-order valence-corrected chi connectivity index (χ0v) is 6.80. The van der Waals surface area contributed by atoms with Gasteiger partial charge in [-0.25, -0.2) is 0 Å². The van der Waals surface area contributed by atoms with E-state index in [9.17, 15) is 10.2 Å². The molecule has 2 heterocycles. The molecule has 0 aliphatic carbocycles. The number of hydrogen-bond donors (Lipinski definition) is 3. The summed E-state index contributed by atoms with van der Waals surface area (Å²) >= 11 is 0. The van der Waals surface area contributed by atoms with Gasteiger partial charge in [-0.15, -0.1) is 0 Å². The van der Waals surface area contributed by atoms with Crippen LogP contribution in [0.25, 0.3) is 0 Å². The largest absolute Gasteiger partial charge is 0.389 e. The van der Waals surface area contributed by atoms with Gasteiger partial charge in [0.15, 0.2) is 6.29 Å². The van der Waals surface area contributed by atoms with Crippen molar-refractivity contribution < 1.29 is 19.7 Å². The van der Waals surface area contributed by atoms with E-state index >= 15 is 0 Å². The van der Waals surface area contributed by atoms with Crippen molar-refractivity contribution in [2.45, 2.75) is 30.6 Å². The molecule has 5 atom stereocenters. The van der Waals surface area contributed by atoms with Crippen molar-refractivity contribution in [3.63, 3.8) is 0 Å². The Hall–Kier alpha value is -0.200. The van der Waals surface area contributed by atoms with Gasteiger partial charge in [0.2, 0.25) is 0 Å². The van der Waals surface area contributed by atoms with Crippen LogP contribution in [0.3, 0.4) is 0 Å². The number of methoxy groups -OCH3 is 1. The molecule has 2 aliphatic heterocycles. The fourth-order valence-corrected chi connectivity index (χ4v) is 1.79. The maximum Gasteiger partial charge on any atom is 0.185 e. The molecular weight excluding hydrogens is 162 g/mol. The van der Waals surface area contributed by atoms with Gasteiger partial charge in [0.05, 0.1) is 12.1 Å². The SMILES string of the molecule is CO[C@@H]1O[C@@H]2CN[C@H]([C@H]1O)[C@@H]2O. The number of nitrogens with one attached hydrogen (secondary N) is 1. The second-order valence-corrected chi connectivity index (χ2v) is 3.19. The second kappa shape index (κ2) is 2.93. The van der Waals surface area contributed by atoms with E-state index in [2.05, 4.69) is 5.32 Å². The molecule has 70 valence electrons. The third-order valence-corrected chi connectivity index (χ3v) is 2.49. The summed E-state index contributed by atoms with van der Waals surface area (Å²) < 4.78 is 10.2. The Bertz CT molecular complexity index is 177. The molecule has 2 rings (SSSR count). The smallest absolute Gasteiger partial charge is 0.185 e. The van der Waals surface area contributed by atoms with Gasteiger partial charge in [-0.3, -0.25) is 0 Å². The van der Waals surface area contributed by atoms with Gasteiger partial charge < -0.3 is 25.0 Å². The molecular formula is C7H13NO4. The molecule has 2 bridgehead atoms. The molecule has 0 amide bonds.